The van der Waals surface area contributed by atoms with E-state index in [9.17, 15) is 14.9 Å². The van der Waals surface area contributed by atoms with Crippen LogP contribution in [-0.2, 0) is 13.2 Å². The zero-order valence-corrected chi connectivity index (χ0v) is 23.7. The van der Waals surface area contributed by atoms with Gasteiger partial charge in [-0.05, 0) is 66.1 Å². The second kappa shape index (κ2) is 14.5. The number of nitrogens with one attached hydrogen (secondary N) is 1. The Labute approximate surface area is 247 Å². The molecule has 0 aliphatic carbocycles. The molecule has 0 saturated carbocycles. The predicted molar refractivity (Wildman–Crippen MR) is 159 cm³/mol. The molecule has 4 aromatic carbocycles. The molecule has 216 valence electrons. The van der Waals surface area contributed by atoms with Crippen molar-refractivity contribution in [3.63, 3.8) is 0 Å². The van der Waals surface area contributed by atoms with Crippen LogP contribution in [0, 0.1) is 10.1 Å². The normalized spacial score (nSPS) is 10.7. The Morgan fingerprint density at radius 3 is 2.31 bits per heavy atom. The van der Waals surface area contributed by atoms with Crippen molar-refractivity contribution in [2.24, 2.45) is 5.10 Å². The Morgan fingerprint density at radius 2 is 1.62 bits per heavy atom. The van der Waals surface area contributed by atoms with E-state index >= 15 is 0 Å². The minimum atomic E-state index is -0.465. The van der Waals surface area contributed by atoms with E-state index in [1.165, 1.54) is 25.5 Å². The van der Waals surface area contributed by atoms with Crippen molar-refractivity contribution < 1.29 is 28.7 Å². The first-order chi connectivity index (χ1) is 20.4. The van der Waals surface area contributed by atoms with Crippen molar-refractivity contribution in [2.45, 2.75) is 20.1 Å². The lowest BCUT2D eigenvalue weighted by atomic mass is 10.2. The molecule has 11 heteroatoms. The number of amides is 1. The second-order valence-corrected chi connectivity index (χ2v) is 9.22. The number of nitro groups is 1. The molecule has 0 aliphatic rings. The molecule has 1 amide bonds. The molecule has 10 nitrogen and oxygen atoms in total. The molecule has 1 N–H and O–H groups in total. The Balaban J connectivity index is 1.40. The van der Waals surface area contributed by atoms with Crippen molar-refractivity contribution in [3.8, 4) is 23.0 Å². The minimum Gasteiger partial charge on any atom is -0.493 e. The van der Waals surface area contributed by atoms with Gasteiger partial charge in [0.2, 0.25) is 0 Å². The van der Waals surface area contributed by atoms with Crippen molar-refractivity contribution in [3.05, 3.63) is 122 Å². The third kappa shape index (κ3) is 7.98. The van der Waals surface area contributed by atoms with Crippen LogP contribution in [0.4, 0.5) is 5.69 Å². The maximum atomic E-state index is 12.7. The van der Waals surface area contributed by atoms with Crippen LogP contribution in [0.15, 0.2) is 90.0 Å². The molecule has 4 rings (SSSR count). The first-order valence-corrected chi connectivity index (χ1v) is 13.3. The van der Waals surface area contributed by atoms with Gasteiger partial charge in [0.1, 0.15) is 13.2 Å². The summed E-state index contributed by atoms with van der Waals surface area (Å²) in [5.74, 6) is 1.18. The van der Waals surface area contributed by atoms with E-state index in [2.05, 4.69) is 10.5 Å². The highest BCUT2D eigenvalue weighted by molar-refractivity contribution is 6.32. The van der Waals surface area contributed by atoms with Gasteiger partial charge in [-0.2, -0.15) is 5.10 Å². The number of nitrogens with zero attached hydrogens (tertiary/aromatic N) is 2. The summed E-state index contributed by atoms with van der Waals surface area (Å²) in [6.07, 6.45) is 1.43. The molecule has 0 atom stereocenters. The second-order valence-electron chi connectivity index (χ2n) is 8.81. The van der Waals surface area contributed by atoms with Gasteiger partial charge in [0.25, 0.3) is 11.6 Å². The predicted octanol–water partition coefficient (Wildman–Crippen LogP) is 6.58. The number of rotatable bonds is 13. The van der Waals surface area contributed by atoms with Crippen LogP contribution >= 0.6 is 11.6 Å². The van der Waals surface area contributed by atoms with E-state index in [1.807, 2.05) is 37.3 Å². The number of carbonyl (C=O) groups excluding carboxylic acids is 1. The third-order valence-electron chi connectivity index (χ3n) is 5.90. The maximum absolute atomic E-state index is 12.7. The lowest BCUT2D eigenvalue weighted by Gasteiger charge is -2.14. The van der Waals surface area contributed by atoms with Gasteiger partial charge in [-0.3, -0.25) is 14.9 Å². The van der Waals surface area contributed by atoms with E-state index in [1.54, 1.807) is 42.5 Å². The summed E-state index contributed by atoms with van der Waals surface area (Å²) in [5, 5.41) is 15.2. The van der Waals surface area contributed by atoms with Crippen LogP contribution in [0.2, 0.25) is 5.02 Å². The Bertz CT molecular complexity index is 1560. The van der Waals surface area contributed by atoms with Crippen molar-refractivity contribution in [2.75, 3.05) is 13.7 Å². The van der Waals surface area contributed by atoms with E-state index in [0.29, 0.717) is 47.3 Å². The Kier molecular flexibility index (Phi) is 10.3. The van der Waals surface area contributed by atoms with E-state index in [4.69, 9.17) is 30.5 Å². The fraction of sp³-hybridized carbons (Fsp3) is 0.161. The first kappa shape index (κ1) is 29.9. The number of benzene rings is 4. The summed E-state index contributed by atoms with van der Waals surface area (Å²) in [6, 6.07) is 23.9. The number of carbonyl (C=O) groups is 1. The molecule has 0 unspecified atom stereocenters. The van der Waals surface area contributed by atoms with Crippen LogP contribution in [0.3, 0.4) is 0 Å². The minimum absolute atomic E-state index is 0.00785. The smallest absolute Gasteiger partial charge is 0.271 e. The number of ether oxygens (including phenoxy) is 4. The molecule has 0 fully saturated rings. The summed E-state index contributed by atoms with van der Waals surface area (Å²) >= 11 is 6.48. The average molecular weight is 590 g/mol. The fourth-order valence-corrected chi connectivity index (χ4v) is 4.10. The number of halogens is 1. The molecular formula is C31H28ClN3O7. The molecule has 0 aliphatic heterocycles. The third-order valence-corrected chi connectivity index (χ3v) is 6.19. The molecule has 0 radical (unpaired) electrons. The molecule has 4 aromatic rings. The zero-order chi connectivity index (χ0) is 29.9. The van der Waals surface area contributed by atoms with Crippen molar-refractivity contribution in [1.82, 2.24) is 5.43 Å². The monoisotopic (exact) mass is 589 g/mol. The van der Waals surface area contributed by atoms with Gasteiger partial charge in [-0.15, -0.1) is 0 Å². The molecule has 42 heavy (non-hydrogen) atoms. The van der Waals surface area contributed by atoms with Gasteiger partial charge in [-0.1, -0.05) is 41.9 Å². The highest BCUT2D eigenvalue weighted by atomic mass is 35.5. The largest absolute Gasteiger partial charge is 0.493 e. The van der Waals surface area contributed by atoms with Gasteiger partial charge < -0.3 is 18.9 Å². The number of hydrazone groups is 1. The highest BCUT2D eigenvalue weighted by Crippen LogP contribution is 2.37. The SMILES string of the molecule is CCOc1cc(/C=N/NC(=O)c2ccc(OCc3ccccc3)c(OC)c2)cc(Cl)c1OCc1ccc([N+](=O)[O-])cc1. The quantitative estimate of drug-likeness (QED) is 0.106. The lowest BCUT2D eigenvalue weighted by Crippen LogP contribution is -2.17. The number of methoxy groups -OCH3 is 1. The van der Waals surface area contributed by atoms with Gasteiger partial charge in [0.15, 0.2) is 23.0 Å². The van der Waals surface area contributed by atoms with Crippen LogP contribution in [-0.4, -0.2) is 30.8 Å². The number of hydrogen-bond acceptors (Lipinski definition) is 8. The van der Waals surface area contributed by atoms with Crippen LogP contribution in [0.1, 0.15) is 34.0 Å². The van der Waals surface area contributed by atoms with Crippen LogP contribution < -0.4 is 24.4 Å². The lowest BCUT2D eigenvalue weighted by molar-refractivity contribution is -0.384. The topological polar surface area (TPSA) is 122 Å². The maximum Gasteiger partial charge on any atom is 0.271 e. The van der Waals surface area contributed by atoms with Gasteiger partial charge in [0.05, 0.1) is 29.9 Å². The Morgan fingerprint density at radius 1 is 0.905 bits per heavy atom. The van der Waals surface area contributed by atoms with E-state index in [0.717, 1.165) is 11.1 Å². The molecular weight excluding hydrogens is 562 g/mol. The average Bonchev–Trinajstić information content (AvgIpc) is 3.00. The number of nitro benzene ring substituents is 1. The van der Waals surface area contributed by atoms with Crippen LogP contribution in [0.25, 0.3) is 0 Å². The summed E-state index contributed by atoms with van der Waals surface area (Å²) < 4.78 is 22.8. The highest BCUT2D eigenvalue weighted by Gasteiger charge is 2.14. The molecule has 0 saturated heterocycles. The Hall–Kier alpha value is -5.09. The number of non-ortho nitro benzene ring substituents is 1. The number of hydrogen-bond donors (Lipinski definition) is 1. The summed E-state index contributed by atoms with van der Waals surface area (Å²) in [6.45, 7) is 2.66. The molecule has 0 heterocycles. The molecule has 0 aromatic heterocycles. The summed E-state index contributed by atoms with van der Waals surface area (Å²) in [7, 11) is 1.50. The van der Waals surface area contributed by atoms with Crippen molar-refractivity contribution in [1.29, 1.82) is 0 Å². The fourth-order valence-electron chi connectivity index (χ4n) is 3.83. The van der Waals surface area contributed by atoms with Gasteiger partial charge >= 0.3 is 0 Å². The van der Waals surface area contributed by atoms with Crippen LogP contribution in [0.5, 0.6) is 23.0 Å². The zero-order valence-electron chi connectivity index (χ0n) is 22.9. The first-order valence-electron chi connectivity index (χ1n) is 12.9. The van der Waals surface area contributed by atoms with E-state index in [-0.39, 0.29) is 17.3 Å². The van der Waals surface area contributed by atoms with Crippen molar-refractivity contribution >= 4 is 29.4 Å². The standard InChI is InChI=1S/C31H28ClN3O7/c1-3-40-29-16-23(15-26(32)30(29)42-20-22-9-12-25(13-10-22)35(37)38)18-33-34-31(36)24-11-14-27(28(17-24)39-2)41-19-21-7-5-4-6-8-21/h4-18H,3,19-20H2,1-2H3,(H,34,36)/b33-18+. The molecule has 0 bridgehead atoms. The molecule has 0 spiro atoms. The summed E-state index contributed by atoms with van der Waals surface area (Å²) in [4.78, 5) is 23.1. The van der Waals surface area contributed by atoms with Gasteiger partial charge in [-0.25, -0.2) is 5.43 Å². The van der Waals surface area contributed by atoms with E-state index < -0.39 is 10.8 Å². The summed E-state index contributed by atoms with van der Waals surface area (Å²) in [5.41, 5.74) is 5.11. The van der Waals surface area contributed by atoms with Gasteiger partial charge in [0, 0.05) is 17.7 Å².